The molecule has 0 unspecified atom stereocenters. The van der Waals surface area contributed by atoms with E-state index in [1.807, 2.05) is 24.3 Å². The van der Waals surface area contributed by atoms with Crippen LogP contribution in [0.5, 0.6) is 11.6 Å². The zero-order valence-electron chi connectivity index (χ0n) is 11.4. The average Bonchev–Trinajstić information content (AvgIpc) is 2.96. The number of nitrogens with zero attached hydrogens (tertiary/aromatic N) is 1. The van der Waals surface area contributed by atoms with Crippen LogP contribution < -0.4 is 14.8 Å². The molecule has 1 amide bonds. The van der Waals surface area contributed by atoms with Crippen molar-refractivity contribution in [1.82, 2.24) is 10.5 Å². The first-order chi connectivity index (χ1) is 9.74. The molecule has 0 aliphatic heterocycles. The minimum Gasteiger partial charge on any atom is -0.496 e. The smallest absolute Gasteiger partial charge is 0.290 e. The first-order valence-electron chi connectivity index (χ1n) is 6.15. The van der Waals surface area contributed by atoms with Crippen LogP contribution in [0.1, 0.15) is 16.1 Å². The number of carbonyl (C=O) groups excluding carboxylic acids is 1. The Kier molecular flexibility index (Phi) is 4.60. The number of carbonyl (C=O) groups is 1. The molecule has 1 aromatic carbocycles. The summed E-state index contributed by atoms with van der Waals surface area (Å²) in [5.41, 5.74) is 1.03. The summed E-state index contributed by atoms with van der Waals surface area (Å²) >= 11 is 0. The van der Waals surface area contributed by atoms with Crippen LogP contribution in [0.2, 0.25) is 0 Å². The highest BCUT2D eigenvalue weighted by molar-refractivity contribution is 5.91. The van der Waals surface area contributed by atoms with E-state index in [1.54, 1.807) is 7.11 Å². The van der Waals surface area contributed by atoms with Crippen molar-refractivity contribution in [2.45, 2.75) is 6.42 Å². The van der Waals surface area contributed by atoms with E-state index in [-0.39, 0.29) is 17.5 Å². The number of ether oxygens (including phenoxy) is 2. The fraction of sp³-hybridized carbons (Fsp3) is 0.286. The van der Waals surface area contributed by atoms with Crippen molar-refractivity contribution in [3.63, 3.8) is 0 Å². The highest BCUT2D eigenvalue weighted by Crippen LogP contribution is 2.17. The van der Waals surface area contributed by atoms with Crippen LogP contribution in [-0.2, 0) is 6.42 Å². The number of hydrogen-bond acceptors (Lipinski definition) is 5. The highest BCUT2D eigenvalue weighted by Gasteiger charge is 2.12. The van der Waals surface area contributed by atoms with E-state index in [9.17, 15) is 4.79 Å². The van der Waals surface area contributed by atoms with Crippen molar-refractivity contribution in [3.8, 4) is 11.6 Å². The minimum absolute atomic E-state index is 0.127. The van der Waals surface area contributed by atoms with Crippen molar-refractivity contribution in [2.75, 3.05) is 20.8 Å². The summed E-state index contributed by atoms with van der Waals surface area (Å²) in [7, 11) is 3.08. The summed E-state index contributed by atoms with van der Waals surface area (Å²) in [6, 6.07) is 9.13. The zero-order valence-corrected chi connectivity index (χ0v) is 11.4. The molecule has 0 atom stereocenters. The molecule has 0 radical (unpaired) electrons. The van der Waals surface area contributed by atoms with Crippen LogP contribution in [-0.4, -0.2) is 31.8 Å². The van der Waals surface area contributed by atoms with Crippen LogP contribution in [0.25, 0.3) is 0 Å². The van der Waals surface area contributed by atoms with Crippen LogP contribution in [0.15, 0.2) is 34.9 Å². The lowest BCUT2D eigenvalue weighted by Gasteiger charge is -2.08. The molecule has 20 heavy (non-hydrogen) atoms. The third kappa shape index (κ3) is 3.28. The Morgan fingerprint density at radius 2 is 2.10 bits per heavy atom. The molecule has 106 valence electrons. The Hall–Kier alpha value is -2.50. The largest absolute Gasteiger partial charge is 0.496 e. The molecular formula is C14H16N2O4. The average molecular weight is 276 g/mol. The lowest BCUT2D eigenvalue weighted by atomic mass is 10.1. The number of para-hydroxylation sites is 1. The maximum Gasteiger partial charge on any atom is 0.290 e. The molecule has 0 fully saturated rings. The van der Waals surface area contributed by atoms with Gasteiger partial charge < -0.3 is 19.3 Å². The third-order valence-corrected chi connectivity index (χ3v) is 2.79. The molecule has 0 bridgehead atoms. The molecule has 0 saturated carbocycles. The summed E-state index contributed by atoms with van der Waals surface area (Å²) in [6.07, 6.45) is 0.668. The summed E-state index contributed by atoms with van der Waals surface area (Å²) in [4.78, 5) is 11.8. The van der Waals surface area contributed by atoms with E-state index >= 15 is 0 Å². The molecule has 1 N–H and O–H groups in total. The Bertz CT molecular complexity index is 580. The highest BCUT2D eigenvalue weighted by atomic mass is 16.5. The van der Waals surface area contributed by atoms with Gasteiger partial charge in [-0.25, -0.2) is 0 Å². The molecular weight excluding hydrogens is 260 g/mol. The summed E-state index contributed by atoms with van der Waals surface area (Å²) in [5.74, 6) is 0.889. The monoisotopic (exact) mass is 276 g/mol. The number of benzene rings is 1. The predicted octanol–water partition coefficient (Wildman–Crippen LogP) is 1.66. The van der Waals surface area contributed by atoms with E-state index in [0.717, 1.165) is 11.3 Å². The topological polar surface area (TPSA) is 73.6 Å². The van der Waals surface area contributed by atoms with E-state index in [2.05, 4.69) is 10.5 Å². The third-order valence-electron chi connectivity index (χ3n) is 2.79. The van der Waals surface area contributed by atoms with Gasteiger partial charge in [0, 0.05) is 6.54 Å². The molecule has 1 heterocycles. The van der Waals surface area contributed by atoms with Gasteiger partial charge in [0.15, 0.2) is 0 Å². The second kappa shape index (κ2) is 6.60. The number of rotatable bonds is 6. The lowest BCUT2D eigenvalue weighted by Crippen LogP contribution is -2.25. The van der Waals surface area contributed by atoms with Crippen LogP contribution in [0, 0.1) is 0 Å². The Morgan fingerprint density at radius 1 is 1.30 bits per heavy atom. The van der Waals surface area contributed by atoms with Gasteiger partial charge in [-0.3, -0.25) is 4.79 Å². The second-order valence-corrected chi connectivity index (χ2v) is 4.05. The molecule has 0 aliphatic rings. The van der Waals surface area contributed by atoms with Crippen LogP contribution in [0.3, 0.4) is 0 Å². The van der Waals surface area contributed by atoms with Crippen molar-refractivity contribution < 1.29 is 18.8 Å². The number of aromatic nitrogens is 1. The Morgan fingerprint density at radius 3 is 2.80 bits per heavy atom. The normalized spacial score (nSPS) is 10.1. The Labute approximate surface area is 116 Å². The van der Waals surface area contributed by atoms with Gasteiger partial charge in [0.05, 0.1) is 20.3 Å². The van der Waals surface area contributed by atoms with Crippen molar-refractivity contribution in [3.05, 3.63) is 41.7 Å². The summed E-state index contributed by atoms with van der Waals surface area (Å²) in [6.45, 7) is 0.474. The second-order valence-electron chi connectivity index (χ2n) is 4.05. The number of nitrogens with one attached hydrogen (secondary N) is 1. The maximum atomic E-state index is 11.8. The molecule has 1 aromatic heterocycles. The summed E-state index contributed by atoms with van der Waals surface area (Å²) in [5, 5.41) is 6.32. The number of amides is 1. The maximum absolute atomic E-state index is 11.8. The van der Waals surface area contributed by atoms with Gasteiger partial charge in [-0.2, -0.15) is 0 Å². The van der Waals surface area contributed by atoms with Crippen LogP contribution >= 0.6 is 0 Å². The van der Waals surface area contributed by atoms with Crippen molar-refractivity contribution >= 4 is 5.91 Å². The predicted molar refractivity (Wildman–Crippen MR) is 72.1 cm³/mol. The minimum atomic E-state index is -0.323. The zero-order chi connectivity index (χ0) is 14.4. The van der Waals surface area contributed by atoms with Gasteiger partial charge in [-0.1, -0.05) is 18.2 Å². The lowest BCUT2D eigenvalue weighted by molar-refractivity contribution is 0.0917. The number of hydrogen-bond donors (Lipinski definition) is 1. The van der Waals surface area contributed by atoms with E-state index in [0.29, 0.717) is 13.0 Å². The van der Waals surface area contributed by atoms with E-state index < -0.39 is 0 Å². The van der Waals surface area contributed by atoms with Crippen molar-refractivity contribution in [2.24, 2.45) is 0 Å². The van der Waals surface area contributed by atoms with E-state index in [1.165, 1.54) is 13.2 Å². The fourth-order valence-electron chi connectivity index (χ4n) is 1.77. The molecule has 0 aliphatic carbocycles. The molecule has 6 heteroatoms. The van der Waals surface area contributed by atoms with Crippen molar-refractivity contribution in [1.29, 1.82) is 0 Å². The SMILES string of the molecule is COc1cc(C(=O)NCCc2ccccc2OC)on1. The molecule has 0 saturated heterocycles. The fourth-order valence-corrected chi connectivity index (χ4v) is 1.77. The van der Waals surface area contributed by atoms with Crippen LogP contribution in [0.4, 0.5) is 0 Å². The molecule has 2 aromatic rings. The van der Waals surface area contributed by atoms with Gasteiger partial charge in [0.2, 0.25) is 5.76 Å². The first kappa shape index (κ1) is 13.9. The quantitative estimate of drug-likeness (QED) is 0.868. The van der Waals surface area contributed by atoms with E-state index in [4.69, 9.17) is 14.0 Å². The number of methoxy groups -OCH3 is 2. The summed E-state index contributed by atoms with van der Waals surface area (Å²) < 4.78 is 14.9. The van der Waals surface area contributed by atoms with Gasteiger partial charge in [0.25, 0.3) is 11.8 Å². The molecule has 2 rings (SSSR count). The first-order valence-corrected chi connectivity index (χ1v) is 6.15. The van der Waals surface area contributed by atoms with Gasteiger partial charge in [-0.15, -0.1) is 0 Å². The molecule has 0 spiro atoms. The Balaban J connectivity index is 1.87. The van der Waals surface area contributed by atoms with Gasteiger partial charge in [-0.05, 0) is 23.2 Å². The van der Waals surface area contributed by atoms with Gasteiger partial charge in [0.1, 0.15) is 5.75 Å². The van der Waals surface area contributed by atoms with Gasteiger partial charge >= 0.3 is 0 Å². The standard InChI is InChI=1S/C14H16N2O4/c1-18-11-6-4-3-5-10(11)7-8-15-14(17)12-9-13(19-2)16-20-12/h3-6,9H,7-8H2,1-2H3,(H,15,17). The molecule has 6 nitrogen and oxygen atoms in total.